The van der Waals surface area contributed by atoms with Gasteiger partial charge >= 0.3 is 5.97 Å². The number of hydrogen-bond donors (Lipinski definition) is 3. The highest BCUT2D eigenvalue weighted by atomic mass is 16.4. The minimum absolute atomic E-state index is 0.365. The van der Waals surface area contributed by atoms with Crippen molar-refractivity contribution in [2.45, 2.75) is 0 Å². The van der Waals surface area contributed by atoms with Gasteiger partial charge in [0.05, 0.1) is 11.4 Å². The highest BCUT2D eigenvalue weighted by Gasteiger charge is 2.14. The van der Waals surface area contributed by atoms with Crippen LogP contribution in [0.1, 0.15) is 0 Å². The Morgan fingerprint density at radius 3 is 2.47 bits per heavy atom. The van der Waals surface area contributed by atoms with Crippen LogP contribution in [0.4, 0.5) is 11.4 Å². The van der Waals surface area contributed by atoms with E-state index in [9.17, 15) is 9.59 Å². The van der Waals surface area contributed by atoms with Crippen molar-refractivity contribution in [3.8, 4) is 0 Å². The van der Waals surface area contributed by atoms with Gasteiger partial charge in [-0.2, -0.15) is 0 Å². The predicted octanol–water partition coefficient (Wildman–Crippen LogP) is 0.848. The molecule has 0 aliphatic carbocycles. The number of nitrogens with two attached hydrogens (primary N) is 1. The molecule has 0 saturated carbocycles. The van der Waals surface area contributed by atoms with E-state index in [2.05, 4.69) is 11.9 Å². The molecular weight excluding hydrogens is 196 g/mol. The monoisotopic (exact) mass is 206 g/mol. The fraction of sp³-hybridized carbons (Fsp3) is 0. The van der Waals surface area contributed by atoms with E-state index in [1.807, 2.05) is 0 Å². The normalized spacial score (nSPS) is 9.33. The molecule has 4 N–H and O–H groups in total. The third-order valence-corrected chi connectivity index (χ3v) is 1.74. The number of carbonyl (C=O) groups is 2. The van der Waals surface area contributed by atoms with Crippen molar-refractivity contribution in [3.63, 3.8) is 0 Å². The summed E-state index contributed by atoms with van der Waals surface area (Å²) >= 11 is 0. The number of nitrogen functional groups attached to an aromatic ring is 1. The van der Waals surface area contributed by atoms with Crippen LogP contribution >= 0.6 is 0 Å². The summed E-state index contributed by atoms with van der Waals surface area (Å²) in [5, 5.41) is 10.9. The van der Waals surface area contributed by atoms with Crippen LogP contribution in [0, 0.1) is 0 Å². The van der Waals surface area contributed by atoms with Gasteiger partial charge in [-0.3, -0.25) is 4.79 Å². The van der Waals surface area contributed by atoms with Crippen LogP contribution in [0.3, 0.4) is 0 Å². The van der Waals surface area contributed by atoms with Crippen molar-refractivity contribution in [3.05, 3.63) is 36.4 Å². The average Bonchev–Trinajstić information content (AvgIpc) is 2.20. The molecule has 0 unspecified atom stereocenters. The molecule has 0 heterocycles. The standard InChI is InChI=1S/C10H10N2O3/c1-6(10(14)15)9(13)12-8-5-3-2-4-7(8)11/h2-5H,1,11H2,(H,12,13)(H,14,15). The molecule has 1 amide bonds. The van der Waals surface area contributed by atoms with E-state index in [0.29, 0.717) is 11.4 Å². The first-order valence-electron chi connectivity index (χ1n) is 4.10. The molecule has 0 saturated heterocycles. The van der Waals surface area contributed by atoms with E-state index in [0.717, 1.165) is 0 Å². The quantitative estimate of drug-likeness (QED) is 0.296. The Hall–Kier alpha value is -2.30. The van der Waals surface area contributed by atoms with E-state index < -0.39 is 17.4 Å². The summed E-state index contributed by atoms with van der Waals surface area (Å²) < 4.78 is 0. The summed E-state index contributed by atoms with van der Waals surface area (Å²) in [4.78, 5) is 21.7. The highest BCUT2D eigenvalue weighted by Crippen LogP contribution is 2.17. The molecule has 0 aliphatic heterocycles. The van der Waals surface area contributed by atoms with Gasteiger partial charge < -0.3 is 16.2 Å². The zero-order valence-corrected chi connectivity index (χ0v) is 7.86. The Morgan fingerprint density at radius 1 is 1.33 bits per heavy atom. The van der Waals surface area contributed by atoms with Gasteiger partial charge in [0, 0.05) is 0 Å². The van der Waals surface area contributed by atoms with Crippen LogP contribution in [0.15, 0.2) is 36.4 Å². The largest absolute Gasteiger partial charge is 0.478 e. The van der Waals surface area contributed by atoms with Crippen molar-refractivity contribution in [2.24, 2.45) is 0 Å². The van der Waals surface area contributed by atoms with Crippen LogP contribution in [0.5, 0.6) is 0 Å². The zero-order chi connectivity index (χ0) is 11.4. The zero-order valence-electron chi connectivity index (χ0n) is 7.86. The lowest BCUT2D eigenvalue weighted by atomic mass is 10.2. The Labute approximate surface area is 86.2 Å². The second-order valence-corrected chi connectivity index (χ2v) is 2.83. The number of nitrogens with one attached hydrogen (secondary N) is 1. The Bertz CT molecular complexity index is 426. The number of carboxylic acid groups (broad SMARTS) is 1. The van der Waals surface area contributed by atoms with Crippen LogP contribution in [0.25, 0.3) is 0 Å². The number of rotatable bonds is 3. The Kier molecular flexibility index (Phi) is 3.07. The average molecular weight is 206 g/mol. The fourth-order valence-electron chi connectivity index (χ4n) is 0.906. The summed E-state index contributed by atoms with van der Waals surface area (Å²) in [5.41, 5.74) is 5.75. The summed E-state index contributed by atoms with van der Waals surface area (Å²) in [6.07, 6.45) is 0. The van der Waals surface area contributed by atoms with Crippen LogP contribution in [-0.4, -0.2) is 17.0 Å². The number of aliphatic carboxylic acids is 1. The van der Waals surface area contributed by atoms with Crippen LogP contribution in [0.2, 0.25) is 0 Å². The maximum absolute atomic E-state index is 11.3. The molecule has 1 aromatic rings. The number of hydrogen-bond acceptors (Lipinski definition) is 3. The van der Waals surface area contributed by atoms with Crippen LogP contribution < -0.4 is 11.1 Å². The smallest absolute Gasteiger partial charge is 0.340 e. The maximum atomic E-state index is 11.3. The Balaban J connectivity index is 2.80. The van der Waals surface area contributed by atoms with Crippen molar-refractivity contribution in [2.75, 3.05) is 11.1 Å². The second kappa shape index (κ2) is 4.28. The number of amides is 1. The molecule has 0 bridgehead atoms. The van der Waals surface area contributed by atoms with Gasteiger partial charge in [-0.15, -0.1) is 0 Å². The fourth-order valence-corrected chi connectivity index (χ4v) is 0.906. The number of carboxylic acids is 1. The number of anilines is 2. The third kappa shape index (κ3) is 2.57. The topological polar surface area (TPSA) is 92.4 Å². The first-order valence-corrected chi connectivity index (χ1v) is 4.10. The van der Waals surface area contributed by atoms with Gasteiger partial charge in [-0.05, 0) is 12.1 Å². The molecule has 15 heavy (non-hydrogen) atoms. The molecule has 0 aromatic heterocycles. The van der Waals surface area contributed by atoms with Crippen molar-refractivity contribution < 1.29 is 14.7 Å². The molecule has 1 rings (SSSR count). The first-order chi connectivity index (χ1) is 7.02. The molecule has 0 radical (unpaired) electrons. The Morgan fingerprint density at radius 2 is 1.93 bits per heavy atom. The van der Waals surface area contributed by atoms with E-state index >= 15 is 0 Å². The molecule has 0 aliphatic rings. The van der Waals surface area contributed by atoms with Gasteiger partial charge in [-0.1, -0.05) is 18.7 Å². The van der Waals surface area contributed by atoms with Crippen molar-refractivity contribution in [1.82, 2.24) is 0 Å². The van der Waals surface area contributed by atoms with Gasteiger partial charge in [-0.25, -0.2) is 4.79 Å². The lowest BCUT2D eigenvalue weighted by Gasteiger charge is -2.06. The van der Waals surface area contributed by atoms with E-state index in [1.165, 1.54) is 0 Å². The van der Waals surface area contributed by atoms with Gasteiger partial charge in [0.1, 0.15) is 5.57 Å². The second-order valence-electron chi connectivity index (χ2n) is 2.83. The van der Waals surface area contributed by atoms with Gasteiger partial charge in [0.2, 0.25) is 0 Å². The molecule has 0 atom stereocenters. The van der Waals surface area contributed by atoms with Crippen LogP contribution in [-0.2, 0) is 9.59 Å². The van der Waals surface area contributed by atoms with E-state index in [1.54, 1.807) is 24.3 Å². The van der Waals surface area contributed by atoms with Crippen molar-refractivity contribution >= 4 is 23.3 Å². The number of carbonyl (C=O) groups excluding carboxylic acids is 1. The summed E-state index contributed by atoms with van der Waals surface area (Å²) in [6.45, 7) is 3.13. The van der Waals surface area contributed by atoms with E-state index in [-0.39, 0.29) is 0 Å². The molecule has 1 aromatic carbocycles. The molecule has 78 valence electrons. The number of para-hydroxylation sites is 2. The lowest BCUT2D eigenvalue weighted by molar-refractivity contribution is -0.134. The summed E-state index contributed by atoms with van der Waals surface area (Å²) in [7, 11) is 0. The minimum atomic E-state index is -1.36. The molecular formula is C10H10N2O3. The summed E-state index contributed by atoms with van der Waals surface area (Å²) in [5.74, 6) is -2.14. The highest BCUT2D eigenvalue weighted by molar-refractivity contribution is 6.20. The SMILES string of the molecule is C=C(C(=O)O)C(=O)Nc1ccccc1N. The number of benzene rings is 1. The predicted molar refractivity (Wildman–Crippen MR) is 56.3 cm³/mol. The molecule has 0 fully saturated rings. The van der Waals surface area contributed by atoms with E-state index in [4.69, 9.17) is 10.8 Å². The molecule has 5 nitrogen and oxygen atoms in total. The third-order valence-electron chi connectivity index (χ3n) is 1.74. The molecule has 0 spiro atoms. The lowest BCUT2D eigenvalue weighted by Crippen LogP contribution is -2.19. The summed E-state index contributed by atoms with van der Waals surface area (Å²) in [6, 6.07) is 6.55. The molecule has 5 heteroatoms. The minimum Gasteiger partial charge on any atom is -0.478 e. The maximum Gasteiger partial charge on any atom is 0.340 e. The van der Waals surface area contributed by atoms with Gasteiger partial charge in [0.15, 0.2) is 0 Å². The van der Waals surface area contributed by atoms with Gasteiger partial charge in [0.25, 0.3) is 5.91 Å². The first kappa shape index (κ1) is 10.8. The van der Waals surface area contributed by atoms with Crippen molar-refractivity contribution in [1.29, 1.82) is 0 Å².